The summed E-state index contributed by atoms with van der Waals surface area (Å²) in [6.45, 7) is 5.60. The van der Waals surface area contributed by atoms with Crippen LogP contribution in [0, 0.1) is 0 Å². The summed E-state index contributed by atoms with van der Waals surface area (Å²) in [5.74, 6) is 0.573. The molecule has 0 saturated heterocycles. The topological polar surface area (TPSA) is 79.2 Å². The molecule has 3 N–H and O–H groups in total. The van der Waals surface area contributed by atoms with Crippen LogP contribution in [0.25, 0.3) is 5.57 Å². The van der Waals surface area contributed by atoms with E-state index in [9.17, 15) is 4.79 Å². The first-order valence-electron chi connectivity index (χ1n) is 6.47. The molecule has 1 aromatic heterocycles. The van der Waals surface area contributed by atoms with Crippen LogP contribution in [-0.4, -0.2) is 20.9 Å². The summed E-state index contributed by atoms with van der Waals surface area (Å²) in [5, 5.41) is 18.7. The van der Waals surface area contributed by atoms with E-state index in [2.05, 4.69) is 22.3 Å². The van der Waals surface area contributed by atoms with Crippen molar-refractivity contribution in [2.75, 3.05) is 10.6 Å². The number of urea groups is 1. The molecule has 0 atom stereocenters. The van der Waals surface area contributed by atoms with Crippen molar-refractivity contribution >= 4 is 23.1 Å². The third kappa shape index (κ3) is 3.70. The zero-order valence-corrected chi connectivity index (χ0v) is 12.1. The van der Waals surface area contributed by atoms with Gasteiger partial charge in [0.1, 0.15) is 5.82 Å². The lowest BCUT2D eigenvalue weighted by Gasteiger charge is -2.08. The molecule has 0 spiro atoms. The number of carbonyl (C=O) groups is 1. The van der Waals surface area contributed by atoms with Crippen LogP contribution in [0.15, 0.2) is 36.9 Å². The minimum Gasteiger partial charge on any atom is -0.392 e. The largest absolute Gasteiger partial charge is 0.392 e. The Morgan fingerprint density at radius 2 is 2.14 bits per heavy atom. The quantitative estimate of drug-likeness (QED) is 0.808. The van der Waals surface area contributed by atoms with Gasteiger partial charge in [-0.2, -0.15) is 5.10 Å². The lowest BCUT2D eigenvalue weighted by Crippen LogP contribution is -2.21. The van der Waals surface area contributed by atoms with Gasteiger partial charge < -0.3 is 10.4 Å². The molecule has 6 heteroatoms. The van der Waals surface area contributed by atoms with Gasteiger partial charge in [0.2, 0.25) is 0 Å². The number of nitrogens with zero attached hydrogens (tertiary/aromatic N) is 2. The van der Waals surface area contributed by atoms with Gasteiger partial charge in [0.25, 0.3) is 0 Å². The normalized spacial score (nSPS) is 10.2. The summed E-state index contributed by atoms with van der Waals surface area (Å²) >= 11 is 0. The van der Waals surface area contributed by atoms with Crippen molar-refractivity contribution in [1.29, 1.82) is 0 Å². The van der Waals surface area contributed by atoms with E-state index in [0.717, 1.165) is 16.8 Å². The second kappa shape index (κ2) is 6.23. The SMILES string of the molecule is C=C(C)c1cc(NC(=O)Nc2cccc(CO)c2)n(C)n1. The van der Waals surface area contributed by atoms with E-state index in [1.165, 1.54) is 0 Å². The maximum absolute atomic E-state index is 12.0. The second-order valence-corrected chi connectivity index (χ2v) is 4.76. The van der Waals surface area contributed by atoms with Crippen molar-refractivity contribution < 1.29 is 9.90 Å². The van der Waals surface area contributed by atoms with Crippen LogP contribution < -0.4 is 10.6 Å². The molecule has 21 heavy (non-hydrogen) atoms. The number of allylic oxidation sites excluding steroid dienone is 1. The number of hydrogen-bond donors (Lipinski definition) is 3. The number of amides is 2. The molecule has 1 aromatic carbocycles. The molecule has 0 saturated carbocycles. The minimum atomic E-state index is -0.374. The highest BCUT2D eigenvalue weighted by atomic mass is 16.3. The number of aliphatic hydroxyl groups excluding tert-OH is 1. The zero-order chi connectivity index (χ0) is 15.4. The Morgan fingerprint density at radius 3 is 2.76 bits per heavy atom. The van der Waals surface area contributed by atoms with Crippen molar-refractivity contribution in [3.8, 4) is 0 Å². The molecule has 2 aromatic rings. The lowest BCUT2D eigenvalue weighted by atomic mass is 10.2. The number of hydrogen-bond acceptors (Lipinski definition) is 3. The van der Waals surface area contributed by atoms with Crippen LogP contribution in [0.3, 0.4) is 0 Å². The average Bonchev–Trinajstić information content (AvgIpc) is 2.80. The highest BCUT2D eigenvalue weighted by molar-refractivity contribution is 5.99. The predicted molar refractivity (Wildman–Crippen MR) is 82.9 cm³/mol. The van der Waals surface area contributed by atoms with Crippen LogP contribution in [0.2, 0.25) is 0 Å². The van der Waals surface area contributed by atoms with Crippen LogP contribution in [0.1, 0.15) is 18.2 Å². The maximum Gasteiger partial charge on any atom is 0.324 e. The van der Waals surface area contributed by atoms with E-state index in [4.69, 9.17) is 5.11 Å². The molecule has 0 fully saturated rings. The number of nitrogens with one attached hydrogen (secondary N) is 2. The van der Waals surface area contributed by atoms with Gasteiger partial charge >= 0.3 is 6.03 Å². The first kappa shape index (κ1) is 14.8. The van der Waals surface area contributed by atoms with Gasteiger partial charge in [-0.05, 0) is 30.2 Å². The van der Waals surface area contributed by atoms with Gasteiger partial charge in [-0.25, -0.2) is 4.79 Å². The molecule has 2 rings (SSSR count). The Labute approximate surface area is 123 Å². The number of rotatable bonds is 4. The van der Waals surface area contributed by atoms with Crippen molar-refractivity contribution in [3.05, 3.63) is 48.2 Å². The van der Waals surface area contributed by atoms with Gasteiger partial charge in [0.05, 0.1) is 12.3 Å². The smallest absolute Gasteiger partial charge is 0.324 e. The van der Waals surface area contributed by atoms with Crippen LogP contribution in [0.5, 0.6) is 0 Å². The molecule has 0 bridgehead atoms. The van der Waals surface area contributed by atoms with E-state index in [-0.39, 0.29) is 12.6 Å². The summed E-state index contributed by atoms with van der Waals surface area (Å²) in [7, 11) is 1.74. The summed E-state index contributed by atoms with van der Waals surface area (Å²) in [4.78, 5) is 12.0. The summed E-state index contributed by atoms with van der Waals surface area (Å²) in [6, 6.07) is 8.39. The standard InChI is InChI=1S/C15H18N4O2/c1-10(2)13-8-14(19(3)18-13)17-15(21)16-12-6-4-5-11(7-12)9-20/h4-8,20H,1,9H2,2-3H3,(H2,16,17,21). The molecule has 110 valence electrons. The van der Waals surface area contributed by atoms with E-state index in [0.29, 0.717) is 11.5 Å². The molecule has 1 heterocycles. The molecule has 0 aliphatic heterocycles. The number of aryl methyl sites for hydroxylation is 1. The second-order valence-electron chi connectivity index (χ2n) is 4.76. The van der Waals surface area contributed by atoms with Gasteiger partial charge in [-0.15, -0.1) is 0 Å². The number of aliphatic hydroxyl groups is 1. The first-order chi connectivity index (χ1) is 9.99. The minimum absolute atomic E-state index is 0.0686. The molecular formula is C15H18N4O2. The highest BCUT2D eigenvalue weighted by Gasteiger charge is 2.09. The number of anilines is 2. The Balaban J connectivity index is 2.06. The molecule has 0 unspecified atom stereocenters. The molecule has 0 radical (unpaired) electrons. The molecule has 0 aliphatic rings. The van der Waals surface area contributed by atoms with Gasteiger partial charge in [-0.1, -0.05) is 18.7 Å². The average molecular weight is 286 g/mol. The van der Waals surface area contributed by atoms with Crippen LogP contribution >= 0.6 is 0 Å². The lowest BCUT2D eigenvalue weighted by molar-refractivity contribution is 0.262. The Bertz CT molecular complexity index is 676. The van der Waals surface area contributed by atoms with E-state index < -0.39 is 0 Å². The Kier molecular flexibility index (Phi) is 4.39. The Morgan fingerprint density at radius 1 is 1.38 bits per heavy atom. The predicted octanol–water partition coefficient (Wildman–Crippen LogP) is 2.59. The highest BCUT2D eigenvalue weighted by Crippen LogP contribution is 2.16. The summed E-state index contributed by atoms with van der Waals surface area (Å²) in [5.41, 5.74) is 2.91. The third-order valence-electron chi connectivity index (χ3n) is 2.93. The van der Waals surface area contributed by atoms with E-state index in [1.807, 2.05) is 6.92 Å². The molecule has 2 amide bonds. The van der Waals surface area contributed by atoms with Crippen LogP contribution in [-0.2, 0) is 13.7 Å². The Hall–Kier alpha value is -2.60. The van der Waals surface area contributed by atoms with E-state index >= 15 is 0 Å². The zero-order valence-electron chi connectivity index (χ0n) is 12.1. The first-order valence-corrected chi connectivity index (χ1v) is 6.47. The number of benzene rings is 1. The fourth-order valence-corrected chi connectivity index (χ4v) is 1.82. The van der Waals surface area contributed by atoms with Crippen molar-refractivity contribution in [3.63, 3.8) is 0 Å². The van der Waals surface area contributed by atoms with Crippen LogP contribution in [0.4, 0.5) is 16.3 Å². The van der Waals surface area contributed by atoms with Gasteiger partial charge in [-0.3, -0.25) is 10.00 Å². The van der Waals surface area contributed by atoms with Crippen molar-refractivity contribution in [2.24, 2.45) is 7.05 Å². The fourth-order valence-electron chi connectivity index (χ4n) is 1.82. The third-order valence-corrected chi connectivity index (χ3v) is 2.93. The summed E-state index contributed by atoms with van der Waals surface area (Å²) < 4.78 is 1.58. The van der Waals surface area contributed by atoms with Gasteiger partial charge in [0, 0.05) is 18.8 Å². The van der Waals surface area contributed by atoms with E-state index in [1.54, 1.807) is 42.1 Å². The van der Waals surface area contributed by atoms with Crippen molar-refractivity contribution in [1.82, 2.24) is 9.78 Å². The number of carbonyl (C=O) groups excluding carboxylic acids is 1. The summed E-state index contributed by atoms with van der Waals surface area (Å²) in [6.07, 6.45) is 0. The monoisotopic (exact) mass is 286 g/mol. The van der Waals surface area contributed by atoms with Crippen molar-refractivity contribution in [2.45, 2.75) is 13.5 Å². The maximum atomic E-state index is 12.0. The fraction of sp³-hybridized carbons (Fsp3) is 0.200. The molecule has 6 nitrogen and oxygen atoms in total. The molecule has 0 aliphatic carbocycles. The van der Waals surface area contributed by atoms with Gasteiger partial charge in [0.15, 0.2) is 0 Å². The number of aromatic nitrogens is 2. The molecular weight excluding hydrogens is 268 g/mol.